The average Bonchev–Trinajstić information content (AvgIpc) is 3.10. The molecule has 7 heteroatoms. The van der Waals surface area contributed by atoms with Gasteiger partial charge in [-0.3, -0.25) is 9.36 Å². The Labute approximate surface area is 156 Å². The van der Waals surface area contributed by atoms with Gasteiger partial charge in [-0.05, 0) is 38.0 Å². The predicted molar refractivity (Wildman–Crippen MR) is 99.8 cm³/mol. The highest BCUT2D eigenvalue weighted by Gasteiger charge is 2.32. The van der Waals surface area contributed by atoms with E-state index in [1.165, 1.54) is 0 Å². The van der Waals surface area contributed by atoms with E-state index in [1.807, 2.05) is 16.7 Å². The number of imidazole rings is 1. The number of alkyl halides is 1. The molecular formula is C20H18FN5O. The lowest BCUT2D eigenvalue weighted by atomic mass is 9.95. The normalized spacial score (nSPS) is 16.3. The van der Waals surface area contributed by atoms with Crippen LogP contribution >= 0.6 is 0 Å². The van der Waals surface area contributed by atoms with Gasteiger partial charge in [0.25, 0.3) is 5.91 Å². The zero-order valence-electron chi connectivity index (χ0n) is 14.9. The van der Waals surface area contributed by atoms with Crippen LogP contribution < -0.4 is 0 Å². The maximum atomic E-state index is 14.0. The largest absolute Gasteiger partial charge is 0.338 e. The van der Waals surface area contributed by atoms with Gasteiger partial charge in [0.2, 0.25) is 0 Å². The van der Waals surface area contributed by atoms with Crippen LogP contribution in [0, 0.1) is 6.57 Å². The minimum atomic E-state index is -1.19. The summed E-state index contributed by atoms with van der Waals surface area (Å²) in [5, 5.41) is 0. The first-order chi connectivity index (χ1) is 13.0. The molecule has 0 aliphatic carbocycles. The molecule has 1 fully saturated rings. The number of rotatable bonds is 2. The molecule has 2 aromatic heterocycles. The Hall–Kier alpha value is -3.27. The number of piperidine rings is 1. The average molecular weight is 363 g/mol. The number of fused-ring (bicyclic) bond motifs is 1. The molecule has 27 heavy (non-hydrogen) atoms. The van der Waals surface area contributed by atoms with Gasteiger partial charge in [0, 0.05) is 25.0 Å². The van der Waals surface area contributed by atoms with E-state index in [0.29, 0.717) is 48.3 Å². The Balaban J connectivity index is 1.60. The first kappa shape index (κ1) is 17.2. The molecule has 1 aliphatic rings. The summed E-state index contributed by atoms with van der Waals surface area (Å²) in [7, 11) is 0. The highest BCUT2D eigenvalue weighted by atomic mass is 19.1. The van der Waals surface area contributed by atoms with Crippen LogP contribution in [0.1, 0.15) is 30.1 Å². The summed E-state index contributed by atoms with van der Waals surface area (Å²) >= 11 is 0. The van der Waals surface area contributed by atoms with Gasteiger partial charge in [-0.15, -0.1) is 0 Å². The van der Waals surface area contributed by atoms with E-state index in [2.05, 4.69) is 14.8 Å². The summed E-state index contributed by atoms with van der Waals surface area (Å²) in [5.41, 5.74) is 1.92. The molecule has 6 nitrogen and oxygen atoms in total. The molecule has 136 valence electrons. The molecule has 1 amide bonds. The molecule has 1 aliphatic heterocycles. The van der Waals surface area contributed by atoms with Gasteiger partial charge in [0.05, 0.1) is 12.1 Å². The van der Waals surface area contributed by atoms with Crippen LogP contribution in [0.25, 0.3) is 21.7 Å². The van der Waals surface area contributed by atoms with Crippen LogP contribution in [0.15, 0.2) is 42.9 Å². The second-order valence-corrected chi connectivity index (χ2v) is 7.02. The number of hydrogen-bond acceptors (Lipinski definition) is 3. The Kier molecular flexibility index (Phi) is 4.11. The van der Waals surface area contributed by atoms with Crippen LogP contribution in [-0.4, -0.2) is 44.1 Å². The number of hydrogen-bond donors (Lipinski definition) is 0. The van der Waals surface area contributed by atoms with Crippen molar-refractivity contribution in [3.63, 3.8) is 0 Å². The smallest absolute Gasteiger partial charge is 0.255 e. The first-order valence-electron chi connectivity index (χ1n) is 8.76. The van der Waals surface area contributed by atoms with Gasteiger partial charge in [-0.2, -0.15) is 0 Å². The van der Waals surface area contributed by atoms with Crippen molar-refractivity contribution < 1.29 is 9.18 Å². The zero-order chi connectivity index (χ0) is 19.0. The molecule has 0 bridgehead atoms. The summed E-state index contributed by atoms with van der Waals surface area (Å²) in [6.07, 6.45) is 3.89. The van der Waals surface area contributed by atoms with E-state index in [1.54, 1.807) is 42.5 Å². The summed E-state index contributed by atoms with van der Waals surface area (Å²) in [6, 6.07) is 8.86. The predicted octanol–water partition coefficient (Wildman–Crippen LogP) is 3.94. The maximum absolute atomic E-state index is 14.0. The second kappa shape index (κ2) is 6.47. The van der Waals surface area contributed by atoms with Crippen molar-refractivity contribution in [3.8, 4) is 5.69 Å². The number of aromatic nitrogens is 3. The fourth-order valence-electron chi connectivity index (χ4n) is 3.25. The molecule has 1 aromatic carbocycles. The molecule has 1 saturated heterocycles. The van der Waals surface area contributed by atoms with Gasteiger partial charge >= 0.3 is 0 Å². The van der Waals surface area contributed by atoms with Gasteiger partial charge < -0.3 is 4.90 Å². The quantitative estimate of drug-likeness (QED) is 0.648. The number of benzene rings is 1. The van der Waals surface area contributed by atoms with E-state index < -0.39 is 5.67 Å². The molecule has 3 aromatic rings. The van der Waals surface area contributed by atoms with Crippen molar-refractivity contribution >= 4 is 22.8 Å². The van der Waals surface area contributed by atoms with Gasteiger partial charge in [0.15, 0.2) is 11.3 Å². The Morgan fingerprint density at radius 1 is 1.22 bits per heavy atom. The van der Waals surface area contributed by atoms with Crippen molar-refractivity contribution in [1.82, 2.24) is 19.4 Å². The summed E-state index contributed by atoms with van der Waals surface area (Å²) in [5.74, 6) is -0.143. The zero-order valence-corrected chi connectivity index (χ0v) is 14.9. The molecule has 0 N–H and O–H groups in total. The molecule has 4 rings (SSSR count). The van der Waals surface area contributed by atoms with Gasteiger partial charge in [-0.1, -0.05) is 12.1 Å². The van der Waals surface area contributed by atoms with Crippen LogP contribution in [0.3, 0.4) is 0 Å². The minimum absolute atomic E-state index is 0.143. The highest BCUT2D eigenvalue weighted by molar-refractivity contribution is 5.96. The van der Waals surface area contributed by atoms with Crippen LogP contribution in [0.5, 0.6) is 0 Å². The SMILES string of the molecule is [C-]#[N+]c1ccc(-n2cnc3cc(C(=O)N4CCC(C)(F)CC4)cnc32)cc1. The van der Waals surface area contributed by atoms with E-state index in [-0.39, 0.29) is 5.91 Å². The van der Waals surface area contributed by atoms with Crippen LogP contribution in [0.2, 0.25) is 0 Å². The van der Waals surface area contributed by atoms with Crippen LogP contribution in [-0.2, 0) is 0 Å². The third kappa shape index (κ3) is 3.26. The number of carbonyl (C=O) groups excluding carboxylic acids is 1. The van der Waals surface area contributed by atoms with Crippen molar-refractivity contribution in [2.24, 2.45) is 0 Å². The molecule has 0 saturated carbocycles. The highest BCUT2D eigenvalue weighted by Crippen LogP contribution is 2.27. The topological polar surface area (TPSA) is 55.4 Å². The van der Waals surface area contributed by atoms with Gasteiger partial charge in [-0.25, -0.2) is 19.2 Å². The molecular weight excluding hydrogens is 345 g/mol. The van der Waals surface area contributed by atoms with Crippen molar-refractivity contribution in [2.45, 2.75) is 25.4 Å². The Morgan fingerprint density at radius 2 is 1.93 bits per heavy atom. The number of nitrogens with zero attached hydrogens (tertiary/aromatic N) is 5. The number of carbonyl (C=O) groups is 1. The van der Waals surface area contributed by atoms with E-state index in [0.717, 1.165) is 5.69 Å². The van der Waals surface area contributed by atoms with E-state index >= 15 is 0 Å². The number of amides is 1. The summed E-state index contributed by atoms with van der Waals surface area (Å²) in [6.45, 7) is 9.43. The third-order valence-electron chi connectivity index (χ3n) is 4.98. The minimum Gasteiger partial charge on any atom is -0.338 e. The van der Waals surface area contributed by atoms with E-state index in [4.69, 9.17) is 6.57 Å². The summed E-state index contributed by atoms with van der Waals surface area (Å²) < 4.78 is 15.8. The lowest BCUT2D eigenvalue weighted by molar-refractivity contribution is 0.0504. The summed E-state index contributed by atoms with van der Waals surface area (Å²) in [4.78, 5) is 26.5. The monoisotopic (exact) mass is 363 g/mol. The molecule has 0 radical (unpaired) electrons. The van der Waals surface area contributed by atoms with Gasteiger partial charge in [0.1, 0.15) is 17.5 Å². The van der Waals surface area contributed by atoms with Crippen molar-refractivity contribution in [1.29, 1.82) is 0 Å². The molecule has 0 atom stereocenters. The number of likely N-dealkylation sites (tertiary alicyclic amines) is 1. The number of halogens is 1. The number of pyridine rings is 1. The molecule has 0 spiro atoms. The lowest BCUT2D eigenvalue weighted by Gasteiger charge is -2.34. The standard InChI is InChI=1S/C20H18FN5O/c1-20(21)7-9-25(10-8-20)19(27)14-11-17-18(23-12-14)26(13-24-17)16-5-3-15(22-2)4-6-16/h3-6,11-13H,7-10H2,1H3. The molecule has 3 heterocycles. The van der Waals surface area contributed by atoms with Crippen molar-refractivity contribution in [3.05, 3.63) is 59.8 Å². The van der Waals surface area contributed by atoms with Crippen molar-refractivity contribution in [2.75, 3.05) is 13.1 Å². The lowest BCUT2D eigenvalue weighted by Crippen LogP contribution is -2.43. The third-order valence-corrected chi connectivity index (χ3v) is 4.98. The maximum Gasteiger partial charge on any atom is 0.255 e. The fraction of sp³-hybridized carbons (Fsp3) is 0.300. The molecule has 0 unspecified atom stereocenters. The van der Waals surface area contributed by atoms with Crippen LogP contribution in [0.4, 0.5) is 10.1 Å². The first-order valence-corrected chi connectivity index (χ1v) is 8.76. The fourth-order valence-corrected chi connectivity index (χ4v) is 3.25. The Bertz CT molecular complexity index is 1040. The van der Waals surface area contributed by atoms with E-state index in [9.17, 15) is 9.18 Å². The second-order valence-electron chi connectivity index (χ2n) is 7.02. The Morgan fingerprint density at radius 3 is 2.59 bits per heavy atom.